The summed E-state index contributed by atoms with van der Waals surface area (Å²) in [6.45, 7) is 3.91. The lowest BCUT2D eigenvalue weighted by Gasteiger charge is -2.19. The summed E-state index contributed by atoms with van der Waals surface area (Å²) in [7, 11) is 0. The molecule has 2 aromatic rings. The summed E-state index contributed by atoms with van der Waals surface area (Å²) in [6.07, 6.45) is 3.72. The van der Waals surface area contributed by atoms with E-state index in [4.69, 9.17) is 9.47 Å². The van der Waals surface area contributed by atoms with Crippen LogP contribution in [-0.4, -0.2) is 29.8 Å². The first-order chi connectivity index (χ1) is 11.2. The highest BCUT2D eigenvalue weighted by Gasteiger charge is 2.15. The molecule has 0 bridgehead atoms. The average molecular weight is 314 g/mol. The van der Waals surface area contributed by atoms with E-state index in [0.717, 1.165) is 29.0 Å². The number of pyridine rings is 1. The van der Waals surface area contributed by atoms with E-state index >= 15 is 0 Å². The monoisotopic (exact) mass is 314 g/mol. The number of nitrogens with one attached hydrogen (secondary N) is 1. The van der Waals surface area contributed by atoms with E-state index in [9.17, 15) is 5.11 Å². The molecule has 23 heavy (non-hydrogen) atoms. The number of benzene rings is 1. The van der Waals surface area contributed by atoms with E-state index in [1.165, 1.54) is 0 Å². The first-order valence-corrected chi connectivity index (χ1v) is 7.95. The smallest absolute Gasteiger partial charge is 0.161 e. The molecule has 2 heterocycles. The van der Waals surface area contributed by atoms with Gasteiger partial charge in [0.05, 0.1) is 19.3 Å². The van der Waals surface area contributed by atoms with Gasteiger partial charge in [-0.1, -0.05) is 6.07 Å². The summed E-state index contributed by atoms with van der Waals surface area (Å²) in [5, 5.41) is 13.6. The van der Waals surface area contributed by atoms with Gasteiger partial charge in [0.25, 0.3) is 0 Å². The van der Waals surface area contributed by atoms with Crippen molar-refractivity contribution in [2.24, 2.45) is 0 Å². The average Bonchev–Trinajstić information content (AvgIpc) is 2.84. The highest BCUT2D eigenvalue weighted by Crippen LogP contribution is 2.32. The van der Waals surface area contributed by atoms with Crippen molar-refractivity contribution in [2.45, 2.75) is 25.5 Å². The molecule has 2 atom stereocenters. The Kier molecular flexibility index (Phi) is 5.10. The molecule has 122 valence electrons. The summed E-state index contributed by atoms with van der Waals surface area (Å²) >= 11 is 0. The van der Waals surface area contributed by atoms with Crippen LogP contribution in [0.4, 0.5) is 0 Å². The van der Waals surface area contributed by atoms with Gasteiger partial charge in [-0.25, -0.2) is 0 Å². The lowest BCUT2D eigenvalue weighted by Crippen LogP contribution is -2.24. The predicted octanol–water partition coefficient (Wildman–Crippen LogP) is 2.63. The van der Waals surface area contributed by atoms with E-state index in [1.54, 1.807) is 12.4 Å². The van der Waals surface area contributed by atoms with E-state index in [0.29, 0.717) is 19.8 Å². The van der Waals surface area contributed by atoms with Gasteiger partial charge in [0.15, 0.2) is 11.5 Å². The van der Waals surface area contributed by atoms with Crippen LogP contribution in [0.2, 0.25) is 0 Å². The second kappa shape index (κ2) is 7.44. The molecule has 0 radical (unpaired) electrons. The van der Waals surface area contributed by atoms with Gasteiger partial charge in [0.1, 0.15) is 0 Å². The lowest BCUT2D eigenvalue weighted by molar-refractivity contribution is 0.170. The molecule has 0 fully saturated rings. The molecular formula is C18H22N2O3. The predicted molar refractivity (Wildman–Crippen MR) is 87.7 cm³/mol. The molecule has 1 aromatic carbocycles. The van der Waals surface area contributed by atoms with Crippen molar-refractivity contribution < 1.29 is 14.6 Å². The van der Waals surface area contributed by atoms with Crippen molar-refractivity contribution in [3.63, 3.8) is 0 Å². The number of rotatable bonds is 5. The number of nitrogens with zero attached hydrogens (tertiary/aromatic N) is 1. The van der Waals surface area contributed by atoms with Gasteiger partial charge in [-0.15, -0.1) is 0 Å². The maximum Gasteiger partial charge on any atom is 0.161 e. The van der Waals surface area contributed by atoms with E-state index in [1.807, 2.05) is 30.3 Å². The zero-order chi connectivity index (χ0) is 16.1. The molecule has 1 aromatic heterocycles. The van der Waals surface area contributed by atoms with Gasteiger partial charge in [-0.3, -0.25) is 4.98 Å². The van der Waals surface area contributed by atoms with Crippen molar-refractivity contribution in [1.29, 1.82) is 0 Å². The van der Waals surface area contributed by atoms with Gasteiger partial charge in [-0.2, -0.15) is 0 Å². The maximum atomic E-state index is 10.2. The van der Waals surface area contributed by atoms with Crippen molar-refractivity contribution >= 4 is 0 Å². The number of ether oxygens (including phenoxy) is 2. The number of fused-ring (bicyclic) bond motifs is 1. The van der Waals surface area contributed by atoms with E-state index in [2.05, 4.69) is 17.2 Å². The lowest BCUT2D eigenvalue weighted by atomic mass is 10.1. The standard InChI is InChI=1S/C18H22N2O3/c1-13(20-12-16(21)14-5-7-19-8-6-14)15-3-4-17-18(11-15)23-10-2-9-22-17/h3-8,11,13,16,20-21H,2,9-10,12H2,1H3. The molecule has 5 heteroatoms. The normalized spacial score (nSPS) is 16.4. The van der Waals surface area contributed by atoms with Crippen LogP contribution >= 0.6 is 0 Å². The molecule has 1 aliphatic heterocycles. The van der Waals surface area contributed by atoms with Gasteiger partial charge in [-0.05, 0) is 42.3 Å². The fraction of sp³-hybridized carbons (Fsp3) is 0.389. The Morgan fingerprint density at radius 3 is 2.61 bits per heavy atom. The first kappa shape index (κ1) is 15.8. The largest absolute Gasteiger partial charge is 0.490 e. The quantitative estimate of drug-likeness (QED) is 0.888. The zero-order valence-corrected chi connectivity index (χ0v) is 13.2. The van der Waals surface area contributed by atoms with Crippen molar-refractivity contribution in [1.82, 2.24) is 10.3 Å². The first-order valence-electron chi connectivity index (χ1n) is 7.95. The second-order valence-corrected chi connectivity index (χ2v) is 5.68. The van der Waals surface area contributed by atoms with Crippen molar-refractivity contribution in [2.75, 3.05) is 19.8 Å². The molecule has 0 spiro atoms. The third-order valence-corrected chi connectivity index (χ3v) is 3.98. The molecule has 0 aliphatic carbocycles. The van der Waals surface area contributed by atoms with Crippen LogP contribution in [0, 0.1) is 0 Å². The summed E-state index contributed by atoms with van der Waals surface area (Å²) < 4.78 is 11.4. The van der Waals surface area contributed by atoms with Gasteiger partial charge in [0, 0.05) is 31.4 Å². The maximum absolute atomic E-state index is 10.2. The summed E-state index contributed by atoms with van der Waals surface area (Å²) in [5.74, 6) is 1.60. The number of hydrogen-bond acceptors (Lipinski definition) is 5. The number of aliphatic hydroxyl groups is 1. The minimum absolute atomic E-state index is 0.101. The van der Waals surface area contributed by atoms with Gasteiger partial charge >= 0.3 is 0 Å². The molecule has 0 saturated carbocycles. The van der Waals surface area contributed by atoms with Gasteiger partial charge < -0.3 is 19.9 Å². The molecule has 1 aliphatic rings. The van der Waals surface area contributed by atoms with Crippen LogP contribution in [0.25, 0.3) is 0 Å². The van der Waals surface area contributed by atoms with Crippen LogP contribution < -0.4 is 14.8 Å². The Bertz CT molecular complexity index is 633. The van der Waals surface area contributed by atoms with Crippen molar-refractivity contribution in [3.05, 3.63) is 53.9 Å². The highest BCUT2D eigenvalue weighted by molar-refractivity contribution is 5.44. The molecule has 2 unspecified atom stereocenters. The molecule has 0 amide bonds. The molecule has 5 nitrogen and oxygen atoms in total. The molecular weight excluding hydrogens is 292 g/mol. The SMILES string of the molecule is CC(NCC(O)c1ccncc1)c1ccc2c(c1)OCCCO2. The Labute approximate surface area is 136 Å². The molecule has 3 rings (SSSR count). The molecule has 0 saturated heterocycles. The second-order valence-electron chi connectivity index (χ2n) is 5.68. The Morgan fingerprint density at radius 1 is 1.09 bits per heavy atom. The van der Waals surface area contributed by atoms with Gasteiger partial charge in [0.2, 0.25) is 0 Å². The van der Waals surface area contributed by atoms with Crippen LogP contribution in [0.5, 0.6) is 11.5 Å². The van der Waals surface area contributed by atoms with E-state index in [-0.39, 0.29) is 6.04 Å². The van der Waals surface area contributed by atoms with Crippen LogP contribution in [0.3, 0.4) is 0 Å². The highest BCUT2D eigenvalue weighted by atomic mass is 16.5. The van der Waals surface area contributed by atoms with Crippen LogP contribution in [-0.2, 0) is 0 Å². The van der Waals surface area contributed by atoms with Crippen LogP contribution in [0.1, 0.15) is 36.6 Å². The minimum Gasteiger partial charge on any atom is -0.490 e. The number of hydrogen-bond donors (Lipinski definition) is 2. The minimum atomic E-state index is -0.555. The van der Waals surface area contributed by atoms with Crippen LogP contribution in [0.15, 0.2) is 42.7 Å². The zero-order valence-electron chi connectivity index (χ0n) is 13.2. The fourth-order valence-electron chi connectivity index (χ4n) is 2.56. The Morgan fingerprint density at radius 2 is 1.83 bits per heavy atom. The third kappa shape index (κ3) is 4.00. The summed E-state index contributed by atoms with van der Waals surface area (Å²) in [5.41, 5.74) is 1.97. The number of aliphatic hydroxyl groups excluding tert-OH is 1. The fourth-order valence-corrected chi connectivity index (χ4v) is 2.56. The van der Waals surface area contributed by atoms with Crippen molar-refractivity contribution in [3.8, 4) is 11.5 Å². The summed E-state index contributed by atoms with van der Waals surface area (Å²) in [4.78, 5) is 3.96. The topological polar surface area (TPSA) is 63.6 Å². The van der Waals surface area contributed by atoms with E-state index < -0.39 is 6.10 Å². The number of aromatic nitrogens is 1. The summed E-state index contributed by atoms with van der Waals surface area (Å²) in [6, 6.07) is 9.74. The molecule has 2 N–H and O–H groups in total. The Hall–Kier alpha value is -2.11. The Balaban J connectivity index is 1.62. The third-order valence-electron chi connectivity index (χ3n) is 3.98.